The summed E-state index contributed by atoms with van der Waals surface area (Å²) in [7, 11) is 0. The molecule has 0 heterocycles. The number of carbonyl (C=O) groups is 1. The number of aldehydes is 1. The molecule has 1 aliphatic carbocycles. The Morgan fingerprint density at radius 1 is 1.24 bits per heavy atom. The lowest BCUT2D eigenvalue weighted by Crippen LogP contribution is -2.39. The van der Waals surface area contributed by atoms with Crippen LogP contribution in [-0.4, -0.2) is 11.8 Å². The molecule has 0 unspecified atom stereocenters. The van der Waals surface area contributed by atoms with Gasteiger partial charge in [-0.1, -0.05) is 42.1 Å². The molecule has 0 spiro atoms. The minimum absolute atomic E-state index is 0.410. The molecule has 0 atom stereocenters. The van der Waals surface area contributed by atoms with Crippen molar-refractivity contribution >= 4 is 41.4 Å². The van der Waals surface area contributed by atoms with E-state index in [0.29, 0.717) is 10.0 Å². The zero-order chi connectivity index (χ0) is 12.3. The van der Waals surface area contributed by atoms with Crippen LogP contribution in [0.4, 0.5) is 0 Å². The molecule has 0 saturated heterocycles. The maximum Gasteiger partial charge on any atom is 0.140 e. The average Bonchev–Trinajstić information content (AvgIpc) is 2.78. The molecule has 1 fully saturated rings. The smallest absolute Gasteiger partial charge is 0.140 e. The van der Waals surface area contributed by atoms with Gasteiger partial charge in [0, 0.05) is 0 Å². The minimum atomic E-state index is -0.410. The van der Waals surface area contributed by atoms with Crippen molar-refractivity contribution in [3.05, 3.63) is 28.2 Å². The number of carbonyl (C=O) groups excluding carboxylic acids is 1. The number of halogens is 2. The van der Waals surface area contributed by atoms with E-state index in [9.17, 15) is 4.79 Å². The fraction of sp³-hybridized carbons (Fsp3) is 0.417. The van der Waals surface area contributed by atoms with Crippen molar-refractivity contribution in [3.8, 4) is 0 Å². The van der Waals surface area contributed by atoms with E-state index in [2.05, 4.69) is 4.72 Å². The van der Waals surface area contributed by atoms with Crippen molar-refractivity contribution in [2.24, 2.45) is 0 Å². The predicted molar refractivity (Wildman–Crippen MR) is 72.7 cm³/mol. The van der Waals surface area contributed by atoms with Gasteiger partial charge in [-0.3, -0.25) is 0 Å². The number of nitrogens with one attached hydrogen (secondary N) is 1. The van der Waals surface area contributed by atoms with Crippen molar-refractivity contribution in [1.29, 1.82) is 0 Å². The Morgan fingerprint density at radius 3 is 2.35 bits per heavy atom. The predicted octanol–water partition coefficient (Wildman–Crippen LogP) is 4.10. The summed E-state index contributed by atoms with van der Waals surface area (Å²) in [6.45, 7) is 0. The van der Waals surface area contributed by atoms with Gasteiger partial charge in [0.2, 0.25) is 0 Å². The molecule has 1 saturated carbocycles. The normalized spacial score (nSPS) is 18.2. The minimum Gasteiger partial charge on any atom is -0.301 e. The Bertz CT molecular complexity index is 399. The van der Waals surface area contributed by atoms with Gasteiger partial charge in [0.1, 0.15) is 6.29 Å². The highest BCUT2D eigenvalue weighted by Gasteiger charge is 2.33. The molecule has 1 aromatic carbocycles. The molecule has 1 aliphatic rings. The van der Waals surface area contributed by atoms with Gasteiger partial charge < -0.3 is 4.79 Å². The van der Waals surface area contributed by atoms with Crippen molar-refractivity contribution in [1.82, 2.24) is 4.72 Å². The van der Waals surface area contributed by atoms with Gasteiger partial charge in [0.25, 0.3) is 0 Å². The quantitative estimate of drug-likeness (QED) is 0.668. The highest BCUT2D eigenvalue weighted by atomic mass is 35.5. The van der Waals surface area contributed by atoms with Crippen LogP contribution in [0.2, 0.25) is 10.0 Å². The highest BCUT2D eigenvalue weighted by molar-refractivity contribution is 7.97. The van der Waals surface area contributed by atoms with Crippen LogP contribution in [0.5, 0.6) is 0 Å². The molecule has 92 valence electrons. The summed E-state index contributed by atoms with van der Waals surface area (Å²) in [5.74, 6) is 0. The molecule has 5 heteroatoms. The topological polar surface area (TPSA) is 29.1 Å². The van der Waals surface area contributed by atoms with Gasteiger partial charge in [-0.05, 0) is 36.9 Å². The van der Waals surface area contributed by atoms with Crippen LogP contribution in [0.15, 0.2) is 23.1 Å². The van der Waals surface area contributed by atoms with Crippen molar-refractivity contribution < 1.29 is 4.79 Å². The van der Waals surface area contributed by atoms with Gasteiger partial charge in [-0.25, -0.2) is 4.72 Å². The van der Waals surface area contributed by atoms with Crippen LogP contribution in [0.3, 0.4) is 0 Å². The molecular formula is C12H13Cl2NOS. The first kappa shape index (κ1) is 13.2. The zero-order valence-corrected chi connectivity index (χ0v) is 11.5. The van der Waals surface area contributed by atoms with Crippen LogP contribution < -0.4 is 4.72 Å². The third-order valence-electron chi connectivity index (χ3n) is 3.00. The standard InChI is InChI=1S/C12H13Cl2NOS/c13-9-4-3-5-10(14)11(9)17-15-12(8-16)6-1-2-7-12/h3-5,8,15H,1-2,6-7H2. The van der Waals surface area contributed by atoms with Gasteiger partial charge in [-0.15, -0.1) is 0 Å². The molecule has 17 heavy (non-hydrogen) atoms. The van der Waals surface area contributed by atoms with E-state index in [-0.39, 0.29) is 0 Å². The first-order valence-electron chi connectivity index (χ1n) is 5.51. The lowest BCUT2D eigenvalue weighted by molar-refractivity contribution is -0.112. The van der Waals surface area contributed by atoms with E-state index < -0.39 is 5.54 Å². The molecule has 0 aliphatic heterocycles. The van der Waals surface area contributed by atoms with E-state index in [0.717, 1.165) is 36.9 Å². The zero-order valence-electron chi connectivity index (χ0n) is 9.21. The van der Waals surface area contributed by atoms with E-state index in [1.165, 1.54) is 11.9 Å². The fourth-order valence-corrected chi connectivity index (χ4v) is 3.50. The molecule has 2 nitrogen and oxygen atoms in total. The summed E-state index contributed by atoms with van der Waals surface area (Å²) in [5.41, 5.74) is -0.410. The summed E-state index contributed by atoms with van der Waals surface area (Å²) >= 11 is 13.5. The fourth-order valence-electron chi connectivity index (χ4n) is 1.98. The van der Waals surface area contributed by atoms with Crippen molar-refractivity contribution in [2.75, 3.05) is 0 Å². The lowest BCUT2D eigenvalue weighted by Gasteiger charge is -2.23. The number of rotatable bonds is 4. The van der Waals surface area contributed by atoms with Crippen LogP contribution in [0, 0.1) is 0 Å². The SMILES string of the molecule is O=CC1(NSc2c(Cl)cccc2Cl)CCCC1. The van der Waals surface area contributed by atoms with E-state index in [1.54, 1.807) is 18.2 Å². The number of hydrogen-bond acceptors (Lipinski definition) is 3. The van der Waals surface area contributed by atoms with E-state index in [4.69, 9.17) is 23.2 Å². The second-order valence-electron chi connectivity index (χ2n) is 4.24. The van der Waals surface area contributed by atoms with Crippen molar-refractivity contribution in [2.45, 2.75) is 36.1 Å². The lowest BCUT2D eigenvalue weighted by atomic mass is 10.0. The largest absolute Gasteiger partial charge is 0.301 e. The van der Waals surface area contributed by atoms with Crippen LogP contribution >= 0.6 is 35.1 Å². The van der Waals surface area contributed by atoms with Crippen LogP contribution in [-0.2, 0) is 4.79 Å². The van der Waals surface area contributed by atoms with Gasteiger partial charge >= 0.3 is 0 Å². The maximum absolute atomic E-state index is 11.2. The summed E-state index contributed by atoms with van der Waals surface area (Å²) in [4.78, 5) is 12.0. The first-order chi connectivity index (χ1) is 8.17. The first-order valence-corrected chi connectivity index (χ1v) is 7.08. The molecular weight excluding hydrogens is 277 g/mol. The Kier molecular flexibility index (Phi) is 4.36. The third-order valence-corrected chi connectivity index (χ3v) is 5.00. The molecule has 0 amide bonds. The Morgan fingerprint density at radius 2 is 1.82 bits per heavy atom. The summed E-state index contributed by atoms with van der Waals surface area (Å²) in [6.07, 6.45) is 4.94. The van der Waals surface area contributed by atoms with Gasteiger partial charge in [0.15, 0.2) is 0 Å². The second kappa shape index (κ2) is 5.61. The molecule has 1 aromatic rings. The van der Waals surface area contributed by atoms with Crippen LogP contribution in [0.1, 0.15) is 25.7 Å². The van der Waals surface area contributed by atoms with Gasteiger partial charge in [-0.2, -0.15) is 0 Å². The maximum atomic E-state index is 11.2. The summed E-state index contributed by atoms with van der Waals surface area (Å²) in [6, 6.07) is 5.39. The summed E-state index contributed by atoms with van der Waals surface area (Å²) in [5, 5.41) is 1.21. The second-order valence-corrected chi connectivity index (χ2v) is 5.87. The Hall–Kier alpha value is -0.220. The monoisotopic (exact) mass is 289 g/mol. The Balaban J connectivity index is 2.09. The molecule has 1 N–H and O–H groups in total. The molecule has 0 radical (unpaired) electrons. The molecule has 0 aromatic heterocycles. The van der Waals surface area contributed by atoms with Crippen molar-refractivity contribution in [3.63, 3.8) is 0 Å². The van der Waals surface area contributed by atoms with Gasteiger partial charge in [0.05, 0.1) is 20.5 Å². The number of hydrogen-bond donors (Lipinski definition) is 1. The highest BCUT2D eigenvalue weighted by Crippen LogP contribution is 2.36. The third kappa shape index (κ3) is 2.97. The molecule has 0 bridgehead atoms. The average molecular weight is 290 g/mol. The van der Waals surface area contributed by atoms with E-state index in [1.807, 2.05) is 0 Å². The van der Waals surface area contributed by atoms with Crippen LogP contribution in [0.25, 0.3) is 0 Å². The number of benzene rings is 1. The molecule has 2 rings (SSSR count). The Labute approximate surface area is 115 Å². The summed E-state index contributed by atoms with van der Waals surface area (Å²) < 4.78 is 3.22. The van der Waals surface area contributed by atoms with E-state index >= 15 is 0 Å².